The van der Waals surface area contributed by atoms with Crippen LogP contribution < -0.4 is 5.32 Å². The Hall–Kier alpha value is -1.81. The number of benzene rings is 1. The monoisotopic (exact) mass is 272 g/mol. The molecule has 106 valence electrons. The van der Waals surface area contributed by atoms with E-state index in [1.54, 1.807) is 0 Å². The van der Waals surface area contributed by atoms with Crippen molar-refractivity contribution in [3.63, 3.8) is 0 Å². The average Bonchev–Trinajstić information content (AvgIpc) is 3.21. The second-order valence-corrected chi connectivity index (χ2v) is 5.49. The van der Waals surface area contributed by atoms with Gasteiger partial charge in [-0.25, -0.2) is 0 Å². The second-order valence-electron chi connectivity index (χ2n) is 5.49. The van der Waals surface area contributed by atoms with Crippen LogP contribution >= 0.6 is 0 Å². The largest absolute Gasteiger partial charge is 0.480 e. The van der Waals surface area contributed by atoms with E-state index >= 15 is 0 Å². The average molecular weight is 272 g/mol. The molecule has 3 rings (SSSR count). The summed E-state index contributed by atoms with van der Waals surface area (Å²) in [6.45, 7) is 3.65. The van der Waals surface area contributed by atoms with Gasteiger partial charge in [0, 0.05) is 30.2 Å². The lowest BCUT2D eigenvalue weighted by atomic mass is 10.1. The Bertz CT molecular complexity index is 628. The summed E-state index contributed by atoms with van der Waals surface area (Å²) in [5.74, 6) is -0.418. The maximum atomic E-state index is 11.3. The molecular weight excluding hydrogens is 252 g/mol. The van der Waals surface area contributed by atoms with Gasteiger partial charge in [0.05, 0.1) is 0 Å². The molecule has 1 aliphatic rings. The summed E-state index contributed by atoms with van der Waals surface area (Å²) in [5, 5.41) is 13.7. The summed E-state index contributed by atoms with van der Waals surface area (Å²) in [6.07, 6.45) is 4.19. The first-order chi connectivity index (χ1) is 9.70. The van der Waals surface area contributed by atoms with E-state index in [2.05, 4.69) is 35.1 Å². The maximum absolute atomic E-state index is 11.3. The maximum Gasteiger partial charge on any atom is 0.320 e. The number of carboxylic acid groups (broad SMARTS) is 1. The normalized spacial score (nSPS) is 16.4. The molecule has 1 aromatic carbocycles. The number of carbonyl (C=O) groups is 1. The van der Waals surface area contributed by atoms with Crippen molar-refractivity contribution in [1.82, 2.24) is 9.88 Å². The topological polar surface area (TPSA) is 54.3 Å². The highest BCUT2D eigenvalue weighted by molar-refractivity contribution is 5.84. The number of nitrogens with zero attached hydrogens (tertiary/aromatic N) is 1. The quantitative estimate of drug-likeness (QED) is 0.850. The highest BCUT2D eigenvalue weighted by atomic mass is 16.4. The molecule has 20 heavy (non-hydrogen) atoms. The molecule has 1 heterocycles. The van der Waals surface area contributed by atoms with Gasteiger partial charge in [-0.15, -0.1) is 0 Å². The minimum absolute atomic E-state index is 0.312. The third-order valence-electron chi connectivity index (χ3n) is 4.08. The van der Waals surface area contributed by atoms with Crippen LogP contribution in [0.4, 0.5) is 0 Å². The van der Waals surface area contributed by atoms with E-state index in [1.807, 2.05) is 12.1 Å². The van der Waals surface area contributed by atoms with Crippen LogP contribution in [0.25, 0.3) is 10.9 Å². The predicted octanol–water partition coefficient (Wildman–Crippen LogP) is 2.61. The van der Waals surface area contributed by atoms with Gasteiger partial charge in [0.2, 0.25) is 0 Å². The van der Waals surface area contributed by atoms with Gasteiger partial charge >= 0.3 is 5.97 Å². The van der Waals surface area contributed by atoms with Gasteiger partial charge in [-0.2, -0.15) is 0 Å². The molecule has 0 bridgehead atoms. The van der Waals surface area contributed by atoms with Gasteiger partial charge in [0.15, 0.2) is 0 Å². The summed E-state index contributed by atoms with van der Waals surface area (Å²) < 4.78 is 2.21. The molecule has 0 radical (unpaired) electrons. The summed E-state index contributed by atoms with van der Waals surface area (Å²) in [7, 11) is 0. The van der Waals surface area contributed by atoms with E-state index < -0.39 is 12.0 Å². The lowest BCUT2D eigenvalue weighted by Gasteiger charge is -2.12. The summed E-state index contributed by atoms with van der Waals surface area (Å²) in [4.78, 5) is 11.3. The number of para-hydroxylation sites is 1. The Balaban J connectivity index is 1.82. The van der Waals surface area contributed by atoms with Crippen molar-refractivity contribution < 1.29 is 9.90 Å². The Morgan fingerprint density at radius 2 is 2.20 bits per heavy atom. The summed E-state index contributed by atoms with van der Waals surface area (Å²) >= 11 is 0. The fraction of sp³-hybridized carbons (Fsp3) is 0.438. The predicted molar refractivity (Wildman–Crippen MR) is 78.6 cm³/mol. The number of aryl methyl sites for hydroxylation is 1. The van der Waals surface area contributed by atoms with E-state index in [0.717, 1.165) is 19.4 Å². The Morgan fingerprint density at radius 1 is 1.45 bits per heavy atom. The van der Waals surface area contributed by atoms with Gasteiger partial charge in [0.1, 0.15) is 6.04 Å². The fourth-order valence-electron chi connectivity index (χ4n) is 2.83. The molecule has 1 aromatic heterocycles. The second kappa shape index (κ2) is 5.29. The number of aromatic nitrogens is 1. The minimum Gasteiger partial charge on any atom is -0.480 e. The van der Waals surface area contributed by atoms with Crippen LogP contribution in [0.3, 0.4) is 0 Å². The van der Waals surface area contributed by atoms with Crippen molar-refractivity contribution in [3.8, 4) is 0 Å². The van der Waals surface area contributed by atoms with Crippen molar-refractivity contribution in [2.24, 2.45) is 5.92 Å². The van der Waals surface area contributed by atoms with Crippen LogP contribution in [-0.2, 0) is 17.9 Å². The van der Waals surface area contributed by atoms with E-state index in [9.17, 15) is 9.90 Å². The number of hydrogen-bond acceptors (Lipinski definition) is 2. The van der Waals surface area contributed by atoms with Crippen LogP contribution in [0, 0.1) is 5.92 Å². The minimum atomic E-state index is -0.730. The molecule has 0 saturated heterocycles. The number of carboxylic acids is 1. The molecule has 1 saturated carbocycles. The Kier molecular flexibility index (Phi) is 3.49. The molecule has 0 amide bonds. The zero-order valence-electron chi connectivity index (χ0n) is 11.7. The van der Waals surface area contributed by atoms with Crippen LogP contribution in [0.2, 0.25) is 0 Å². The molecule has 1 atom stereocenters. The van der Waals surface area contributed by atoms with Gasteiger partial charge in [-0.05, 0) is 37.3 Å². The SMILES string of the molecule is CCn1cc(CNC(C(=O)O)C2CC2)c2ccccc21. The number of rotatable bonds is 6. The highest BCUT2D eigenvalue weighted by Crippen LogP contribution is 2.33. The number of hydrogen-bond donors (Lipinski definition) is 2. The van der Waals surface area contributed by atoms with Crippen LogP contribution in [0.1, 0.15) is 25.3 Å². The molecule has 1 unspecified atom stereocenters. The van der Waals surface area contributed by atoms with Gasteiger partial charge in [0.25, 0.3) is 0 Å². The van der Waals surface area contributed by atoms with E-state index in [4.69, 9.17) is 0 Å². The van der Waals surface area contributed by atoms with Crippen molar-refractivity contribution in [1.29, 1.82) is 0 Å². The first kappa shape index (κ1) is 13.2. The molecule has 0 spiro atoms. The van der Waals surface area contributed by atoms with E-state index in [-0.39, 0.29) is 0 Å². The fourth-order valence-corrected chi connectivity index (χ4v) is 2.83. The first-order valence-corrected chi connectivity index (χ1v) is 7.23. The van der Waals surface area contributed by atoms with Gasteiger partial charge in [-0.1, -0.05) is 18.2 Å². The van der Waals surface area contributed by atoms with E-state index in [0.29, 0.717) is 12.5 Å². The summed E-state index contributed by atoms with van der Waals surface area (Å²) in [6, 6.07) is 7.87. The third-order valence-corrected chi connectivity index (χ3v) is 4.08. The summed E-state index contributed by atoms with van der Waals surface area (Å²) in [5.41, 5.74) is 2.39. The smallest absolute Gasteiger partial charge is 0.320 e. The Morgan fingerprint density at radius 3 is 2.85 bits per heavy atom. The number of fused-ring (bicyclic) bond motifs is 1. The molecule has 2 aromatic rings. The number of nitrogens with one attached hydrogen (secondary N) is 1. The molecular formula is C16H20N2O2. The highest BCUT2D eigenvalue weighted by Gasteiger charge is 2.35. The zero-order valence-corrected chi connectivity index (χ0v) is 11.7. The van der Waals surface area contributed by atoms with Gasteiger partial charge in [-0.3, -0.25) is 10.1 Å². The molecule has 2 N–H and O–H groups in total. The van der Waals surface area contributed by atoms with Crippen molar-refractivity contribution in [2.75, 3.05) is 0 Å². The van der Waals surface area contributed by atoms with E-state index in [1.165, 1.54) is 16.5 Å². The standard InChI is InChI=1S/C16H20N2O2/c1-2-18-10-12(13-5-3-4-6-14(13)18)9-17-15(16(19)20)11-7-8-11/h3-6,10-11,15,17H,2,7-9H2,1H3,(H,19,20). The first-order valence-electron chi connectivity index (χ1n) is 7.23. The lowest BCUT2D eigenvalue weighted by Crippen LogP contribution is -2.37. The van der Waals surface area contributed by atoms with Crippen molar-refractivity contribution >= 4 is 16.9 Å². The third kappa shape index (κ3) is 2.43. The lowest BCUT2D eigenvalue weighted by molar-refractivity contribution is -0.140. The van der Waals surface area contributed by atoms with Crippen molar-refractivity contribution in [2.45, 2.75) is 38.9 Å². The van der Waals surface area contributed by atoms with Crippen LogP contribution in [0.5, 0.6) is 0 Å². The zero-order chi connectivity index (χ0) is 14.1. The molecule has 1 fully saturated rings. The molecule has 0 aliphatic heterocycles. The van der Waals surface area contributed by atoms with Crippen LogP contribution in [0.15, 0.2) is 30.5 Å². The molecule has 1 aliphatic carbocycles. The molecule has 4 heteroatoms. The molecule has 4 nitrogen and oxygen atoms in total. The number of aliphatic carboxylic acids is 1. The van der Waals surface area contributed by atoms with Crippen LogP contribution in [-0.4, -0.2) is 21.7 Å². The van der Waals surface area contributed by atoms with Gasteiger partial charge < -0.3 is 9.67 Å². The Labute approximate surface area is 118 Å². The van der Waals surface area contributed by atoms with Crippen molar-refractivity contribution in [3.05, 3.63) is 36.0 Å².